The van der Waals surface area contributed by atoms with Crippen molar-refractivity contribution in [2.45, 2.75) is 13.0 Å². The van der Waals surface area contributed by atoms with Gasteiger partial charge in [0.2, 0.25) is 5.91 Å². The average Bonchev–Trinajstić information content (AvgIpc) is 2.84. The van der Waals surface area contributed by atoms with E-state index in [-0.39, 0.29) is 18.0 Å². The molecule has 2 heterocycles. The van der Waals surface area contributed by atoms with Gasteiger partial charge < -0.3 is 20.4 Å². The van der Waals surface area contributed by atoms with Gasteiger partial charge in [0, 0.05) is 37.0 Å². The second kappa shape index (κ2) is 5.68. The number of carbonyl (C=O) groups is 1. The van der Waals surface area contributed by atoms with Gasteiger partial charge in [-0.3, -0.25) is 9.59 Å². The van der Waals surface area contributed by atoms with Crippen LogP contribution in [0.3, 0.4) is 0 Å². The number of amides is 1. The molecule has 1 aromatic rings. The van der Waals surface area contributed by atoms with Crippen molar-refractivity contribution in [1.29, 1.82) is 0 Å². The number of carbonyl (C=O) groups excluding carboxylic acids is 1. The van der Waals surface area contributed by atoms with E-state index in [1.54, 1.807) is 0 Å². The van der Waals surface area contributed by atoms with Crippen LogP contribution in [-0.2, 0) is 16.1 Å². The highest BCUT2D eigenvalue weighted by Crippen LogP contribution is 2.10. The Balaban J connectivity index is 1.86. The molecule has 1 atom stereocenters. The molecule has 0 radical (unpaired) electrons. The Kier molecular flexibility index (Phi) is 3.99. The van der Waals surface area contributed by atoms with Crippen molar-refractivity contribution in [3.05, 3.63) is 28.7 Å². The summed E-state index contributed by atoms with van der Waals surface area (Å²) in [5, 5.41) is 2.80. The molecule has 6 nitrogen and oxygen atoms in total. The first kappa shape index (κ1) is 12.6. The van der Waals surface area contributed by atoms with Gasteiger partial charge in [0.15, 0.2) is 0 Å². The summed E-state index contributed by atoms with van der Waals surface area (Å²) in [4.78, 5) is 23.2. The number of rotatable bonds is 4. The highest BCUT2D eigenvalue weighted by Gasteiger charge is 2.16. The van der Waals surface area contributed by atoms with Crippen molar-refractivity contribution in [3.63, 3.8) is 0 Å². The summed E-state index contributed by atoms with van der Waals surface area (Å²) in [7, 11) is 0. The number of hydrogen-bond donors (Lipinski definition) is 2. The molecule has 98 valence electrons. The van der Waals surface area contributed by atoms with Gasteiger partial charge >= 0.3 is 0 Å². The van der Waals surface area contributed by atoms with Crippen LogP contribution < -0.4 is 16.6 Å². The van der Waals surface area contributed by atoms with Crippen LogP contribution in [0.1, 0.15) is 6.42 Å². The predicted octanol–water partition coefficient (Wildman–Crippen LogP) is -0.417. The summed E-state index contributed by atoms with van der Waals surface area (Å²) >= 11 is 0. The molecular weight excluding hydrogens is 234 g/mol. The van der Waals surface area contributed by atoms with E-state index in [1.165, 1.54) is 22.9 Å². The number of nitrogen functional groups attached to an aromatic ring is 1. The Morgan fingerprint density at radius 3 is 3.11 bits per heavy atom. The van der Waals surface area contributed by atoms with Crippen molar-refractivity contribution < 1.29 is 9.53 Å². The van der Waals surface area contributed by atoms with Crippen molar-refractivity contribution in [2.75, 3.05) is 25.5 Å². The summed E-state index contributed by atoms with van der Waals surface area (Å²) in [5.74, 6) is 0.195. The standard InChI is InChI=1S/C12H17N3O3/c13-10-1-2-12(17)15(6-10)7-11(16)14-5-9-3-4-18-8-9/h1-2,6,9H,3-5,7-8,13H2,(H,14,16). The lowest BCUT2D eigenvalue weighted by molar-refractivity contribution is -0.121. The number of nitrogens with one attached hydrogen (secondary N) is 1. The fourth-order valence-corrected chi connectivity index (χ4v) is 1.89. The molecule has 1 fully saturated rings. The minimum absolute atomic E-state index is 0.00253. The van der Waals surface area contributed by atoms with Crippen molar-refractivity contribution in [1.82, 2.24) is 9.88 Å². The van der Waals surface area contributed by atoms with Crippen LogP contribution in [0.5, 0.6) is 0 Å². The Morgan fingerprint density at radius 2 is 2.39 bits per heavy atom. The Morgan fingerprint density at radius 1 is 1.56 bits per heavy atom. The Bertz CT molecular complexity index is 478. The molecule has 0 saturated carbocycles. The zero-order valence-electron chi connectivity index (χ0n) is 10.1. The maximum Gasteiger partial charge on any atom is 0.251 e. The number of nitrogens with two attached hydrogens (primary N) is 1. The molecule has 1 amide bonds. The van der Waals surface area contributed by atoms with Crippen LogP contribution in [0, 0.1) is 5.92 Å². The smallest absolute Gasteiger partial charge is 0.251 e. The SMILES string of the molecule is Nc1ccc(=O)n(CC(=O)NCC2CCOC2)c1. The van der Waals surface area contributed by atoms with Gasteiger partial charge in [-0.2, -0.15) is 0 Å². The van der Waals surface area contributed by atoms with Crippen molar-refractivity contribution >= 4 is 11.6 Å². The molecule has 0 aliphatic carbocycles. The number of aromatic nitrogens is 1. The van der Waals surface area contributed by atoms with Crippen LogP contribution >= 0.6 is 0 Å². The molecule has 1 aromatic heterocycles. The lowest BCUT2D eigenvalue weighted by atomic mass is 10.1. The normalized spacial score (nSPS) is 18.8. The molecule has 18 heavy (non-hydrogen) atoms. The van der Waals surface area contributed by atoms with E-state index in [0.29, 0.717) is 24.8 Å². The zero-order chi connectivity index (χ0) is 13.0. The van der Waals surface area contributed by atoms with Gasteiger partial charge in [-0.1, -0.05) is 0 Å². The molecule has 1 aliphatic heterocycles. The highest BCUT2D eigenvalue weighted by atomic mass is 16.5. The Labute approximate surface area is 105 Å². The number of anilines is 1. The third-order valence-corrected chi connectivity index (χ3v) is 2.93. The van der Waals surface area contributed by atoms with Crippen LogP contribution in [0.15, 0.2) is 23.1 Å². The quantitative estimate of drug-likeness (QED) is 0.761. The molecule has 0 aromatic carbocycles. The van der Waals surface area contributed by atoms with Crippen LogP contribution in [-0.4, -0.2) is 30.2 Å². The fraction of sp³-hybridized carbons (Fsp3) is 0.500. The van der Waals surface area contributed by atoms with Gasteiger partial charge in [0.05, 0.1) is 6.61 Å². The molecule has 1 aliphatic rings. The first-order valence-corrected chi connectivity index (χ1v) is 5.95. The van der Waals surface area contributed by atoms with E-state index in [4.69, 9.17) is 10.5 Å². The van der Waals surface area contributed by atoms with Gasteiger partial charge in [-0.05, 0) is 12.5 Å². The maximum absolute atomic E-state index is 11.7. The van der Waals surface area contributed by atoms with Crippen molar-refractivity contribution in [3.8, 4) is 0 Å². The first-order chi connectivity index (χ1) is 8.65. The summed E-state index contributed by atoms with van der Waals surface area (Å²) in [5.41, 5.74) is 5.80. The Hall–Kier alpha value is -1.82. The minimum Gasteiger partial charge on any atom is -0.398 e. The third kappa shape index (κ3) is 3.33. The van der Waals surface area contributed by atoms with E-state index in [9.17, 15) is 9.59 Å². The fourth-order valence-electron chi connectivity index (χ4n) is 1.89. The molecule has 3 N–H and O–H groups in total. The van der Waals surface area contributed by atoms with Crippen LogP contribution in [0.25, 0.3) is 0 Å². The van der Waals surface area contributed by atoms with Crippen LogP contribution in [0.2, 0.25) is 0 Å². The van der Waals surface area contributed by atoms with E-state index in [1.807, 2.05) is 0 Å². The predicted molar refractivity (Wildman–Crippen MR) is 67.1 cm³/mol. The molecule has 2 rings (SSSR count). The van der Waals surface area contributed by atoms with E-state index in [2.05, 4.69) is 5.32 Å². The zero-order valence-corrected chi connectivity index (χ0v) is 10.1. The van der Waals surface area contributed by atoms with E-state index in [0.717, 1.165) is 13.0 Å². The first-order valence-electron chi connectivity index (χ1n) is 5.95. The topological polar surface area (TPSA) is 86.4 Å². The molecule has 6 heteroatoms. The summed E-state index contributed by atoms with van der Waals surface area (Å²) in [6.45, 7) is 2.04. The number of pyridine rings is 1. The second-order valence-electron chi connectivity index (χ2n) is 4.46. The van der Waals surface area contributed by atoms with E-state index < -0.39 is 0 Å². The maximum atomic E-state index is 11.7. The van der Waals surface area contributed by atoms with Gasteiger partial charge in [-0.25, -0.2) is 0 Å². The number of ether oxygens (including phenoxy) is 1. The molecule has 1 saturated heterocycles. The molecule has 0 spiro atoms. The highest BCUT2D eigenvalue weighted by molar-refractivity contribution is 5.75. The third-order valence-electron chi connectivity index (χ3n) is 2.93. The monoisotopic (exact) mass is 251 g/mol. The molecule has 1 unspecified atom stereocenters. The van der Waals surface area contributed by atoms with Gasteiger partial charge in [0.1, 0.15) is 6.54 Å². The largest absolute Gasteiger partial charge is 0.398 e. The summed E-state index contributed by atoms with van der Waals surface area (Å²) in [6.07, 6.45) is 2.44. The summed E-state index contributed by atoms with van der Waals surface area (Å²) < 4.78 is 6.52. The summed E-state index contributed by atoms with van der Waals surface area (Å²) in [6, 6.07) is 2.88. The van der Waals surface area contributed by atoms with Crippen LogP contribution in [0.4, 0.5) is 5.69 Å². The van der Waals surface area contributed by atoms with Crippen molar-refractivity contribution in [2.24, 2.45) is 5.92 Å². The second-order valence-corrected chi connectivity index (χ2v) is 4.46. The van der Waals surface area contributed by atoms with Gasteiger partial charge in [-0.15, -0.1) is 0 Å². The van der Waals surface area contributed by atoms with E-state index >= 15 is 0 Å². The molecule has 0 bridgehead atoms. The molecular formula is C12H17N3O3. The average molecular weight is 251 g/mol. The van der Waals surface area contributed by atoms with Gasteiger partial charge in [0.25, 0.3) is 5.56 Å². The lowest BCUT2D eigenvalue weighted by Gasteiger charge is -2.10. The minimum atomic E-state index is -0.233. The number of hydrogen-bond acceptors (Lipinski definition) is 4. The lowest BCUT2D eigenvalue weighted by Crippen LogP contribution is -2.35. The number of nitrogens with zero attached hydrogens (tertiary/aromatic N) is 1.